The predicted octanol–water partition coefficient (Wildman–Crippen LogP) is 3.40. The molecule has 0 aliphatic heterocycles. The van der Waals surface area contributed by atoms with Crippen molar-refractivity contribution in [1.82, 2.24) is 5.32 Å². The van der Waals surface area contributed by atoms with Crippen LogP contribution in [0.4, 0.5) is 8.78 Å². The molecule has 0 heterocycles. The molecule has 0 aromatic heterocycles. The highest BCUT2D eigenvalue weighted by atomic mass is 19.1. The molecule has 1 N–H and O–H groups in total. The van der Waals surface area contributed by atoms with Gasteiger partial charge in [-0.1, -0.05) is 30.3 Å². The summed E-state index contributed by atoms with van der Waals surface area (Å²) in [4.78, 5) is 11.9. The number of nitrogens with one attached hydrogen (secondary N) is 1. The van der Waals surface area contributed by atoms with E-state index in [-0.39, 0.29) is 30.5 Å². The summed E-state index contributed by atoms with van der Waals surface area (Å²) in [5.74, 6) is -0.864. The molecule has 3 nitrogen and oxygen atoms in total. The minimum atomic E-state index is -0.428. The summed E-state index contributed by atoms with van der Waals surface area (Å²) in [6, 6.07) is 12.4. The molecule has 23 heavy (non-hydrogen) atoms. The second-order valence-electron chi connectivity index (χ2n) is 5.17. The Hall–Kier alpha value is -2.27. The van der Waals surface area contributed by atoms with Crippen LogP contribution in [0.2, 0.25) is 0 Å². The molecule has 2 aromatic carbocycles. The Morgan fingerprint density at radius 2 is 1.96 bits per heavy atom. The van der Waals surface area contributed by atoms with Crippen molar-refractivity contribution in [3.63, 3.8) is 0 Å². The second-order valence-corrected chi connectivity index (χ2v) is 5.17. The zero-order valence-corrected chi connectivity index (χ0v) is 12.9. The normalized spacial score (nSPS) is 12.0. The van der Waals surface area contributed by atoms with Gasteiger partial charge in [-0.05, 0) is 35.7 Å². The van der Waals surface area contributed by atoms with Gasteiger partial charge in [0.15, 0.2) is 0 Å². The van der Waals surface area contributed by atoms with Crippen molar-refractivity contribution in [3.05, 3.63) is 71.3 Å². The van der Waals surface area contributed by atoms with Crippen LogP contribution < -0.4 is 5.32 Å². The average molecular weight is 319 g/mol. The first-order valence-electron chi connectivity index (χ1n) is 7.38. The van der Waals surface area contributed by atoms with Gasteiger partial charge in [0.25, 0.3) is 0 Å². The largest absolute Gasteiger partial charge is 0.375 e. The Morgan fingerprint density at radius 1 is 1.17 bits per heavy atom. The Balaban J connectivity index is 1.84. The molecule has 1 atom stereocenters. The van der Waals surface area contributed by atoms with Crippen LogP contribution in [-0.2, 0) is 16.0 Å². The molecule has 1 unspecified atom stereocenters. The van der Waals surface area contributed by atoms with Crippen LogP contribution in [0.25, 0.3) is 0 Å². The fourth-order valence-corrected chi connectivity index (χ4v) is 2.29. The van der Waals surface area contributed by atoms with E-state index >= 15 is 0 Å². The molecule has 0 aliphatic rings. The zero-order chi connectivity index (χ0) is 16.7. The number of halogens is 2. The maximum Gasteiger partial charge on any atom is 0.220 e. The number of ether oxygens (including phenoxy) is 1. The van der Waals surface area contributed by atoms with E-state index in [1.54, 1.807) is 30.3 Å². The molecule has 0 bridgehead atoms. The lowest BCUT2D eigenvalue weighted by molar-refractivity contribution is -0.121. The van der Waals surface area contributed by atoms with Crippen LogP contribution >= 0.6 is 0 Å². The van der Waals surface area contributed by atoms with Gasteiger partial charge in [-0.15, -0.1) is 0 Å². The van der Waals surface area contributed by atoms with Crippen molar-refractivity contribution in [2.24, 2.45) is 0 Å². The van der Waals surface area contributed by atoms with Crippen LogP contribution in [-0.4, -0.2) is 19.6 Å². The van der Waals surface area contributed by atoms with Gasteiger partial charge < -0.3 is 10.1 Å². The Kier molecular flexibility index (Phi) is 6.23. The van der Waals surface area contributed by atoms with E-state index < -0.39 is 6.10 Å². The van der Waals surface area contributed by atoms with Crippen molar-refractivity contribution in [1.29, 1.82) is 0 Å². The first kappa shape index (κ1) is 17.1. The van der Waals surface area contributed by atoms with E-state index in [0.717, 1.165) is 0 Å². The lowest BCUT2D eigenvalue weighted by Gasteiger charge is -2.16. The van der Waals surface area contributed by atoms with Crippen molar-refractivity contribution in [3.8, 4) is 0 Å². The highest BCUT2D eigenvalue weighted by molar-refractivity contribution is 5.76. The minimum Gasteiger partial charge on any atom is -0.375 e. The van der Waals surface area contributed by atoms with E-state index in [9.17, 15) is 13.6 Å². The quantitative estimate of drug-likeness (QED) is 0.849. The highest BCUT2D eigenvalue weighted by Gasteiger charge is 2.13. The number of hydrogen-bond donors (Lipinski definition) is 1. The predicted molar refractivity (Wildman–Crippen MR) is 83.9 cm³/mol. The highest BCUT2D eigenvalue weighted by Crippen LogP contribution is 2.17. The van der Waals surface area contributed by atoms with Gasteiger partial charge in [-0.2, -0.15) is 0 Å². The second kappa shape index (κ2) is 8.39. The third-order valence-electron chi connectivity index (χ3n) is 3.57. The van der Waals surface area contributed by atoms with Crippen LogP contribution in [0.1, 0.15) is 23.7 Å². The number of carbonyl (C=O) groups is 1. The summed E-state index contributed by atoms with van der Waals surface area (Å²) in [6.07, 6.45) is 0.0829. The molecule has 0 aliphatic carbocycles. The molecule has 0 radical (unpaired) electrons. The Labute approximate surface area is 134 Å². The number of methoxy groups -OCH3 is 1. The zero-order valence-electron chi connectivity index (χ0n) is 12.9. The average Bonchev–Trinajstić information content (AvgIpc) is 2.55. The molecule has 122 valence electrons. The maximum atomic E-state index is 13.5. The molecular weight excluding hydrogens is 300 g/mol. The van der Waals surface area contributed by atoms with Crippen LogP contribution in [0, 0.1) is 11.6 Å². The van der Waals surface area contributed by atoms with Gasteiger partial charge in [0.1, 0.15) is 11.6 Å². The minimum absolute atomic E-state index is 0.181. The fraction of sp³-hybridized carbons (Fsp3) is 0.278. The van der Waals surface area contributed by atoms with Gasteiger partial charge in [-0.25, -0.2) is 8.78 Å². The van der Waals surface area contributed by atoms with Gasteiger partial charge in [0.05, 0.1) is 6.10 Å². The molecule has 2 aromatic rings. The molecule has 5 heteroatoms. The third-order valence-corrected chi connectivity index (χ3v) is 3.57. The molecule has 0 fully saturated rings. The van der Waals surface area contributed by atoms with E-state index in [1.165, 1.54) is 25.3 Å². The van der Waals surface area contributed by atoms with Crippen LogP contribution in [0.15, 0.2) is 48.5 Å². The van der Waals surface area contributed by atoms with E-state index in [2.05, 4.69) is 5.32 Å². The van der Waals surface area contributed by atoms with Crippen LogP contribution in [0.3, 0.4) is 0 Å². The van der Waals surface area contributed by atoms with E-state index in [4.69, 9.17) is 4.74 Å². The summed E-state index contributed by atoms with van der Waals surface area (Å²) >= 11 is 0. The Bertz CT molecular complexity index is 661. The smallest absolute Gasteiger partial charge is 0.220 e. The molecule has 0 saturated carbocycles. The molecular formula is C18H19F2NO2. The van der Waals surface area contributed by atoms with Crippen molar-refractivity contribution < 1.29 is 18.3 Å². The maximum absolute atomic E-state index is 13.5. The standard InChI is InChI=1S/C18H19F2NO2/c1-23-17(14-6-4-7-15(19)11-14)12-21-18(22)10-9-13-5-2-3-8-16(13)20/h2-8,11,17H,9-10,12H2,1H3,(H,21,22). The fourth-order valence-electron chi connectivity index (χ4n) is 2.29. The van der Waals surface area contributed by atoms with Crippen molar-refractivity contribution >= 4 is 5.91 Å². The summed E-state index contributed by atoms with van der Waals surface area (Å²) in [5.41, 5.74) is 1.16. The first-order valence-corrected chi connectivity index (χ1v) is 7.38. The number of amides is 1. The lowest BCUT2D eigenvalue weighted by Crippen LogP contribution is -2.29. The summed E-state index contributed by atoms with van der Waals surface area (Å²) < 4.78 is 32.0. The molecule has 2 rings (SSSR count). The Morgan fingerprint density at radius 3 is 2.65 bits per heavy atom. The summed E-state index contributed by atoms with van der Waals surface area (Å²) in [7, 11) is 1.50. The van der Waals surface area contributed by atoms with Gasteiger partial charge >= 0.3 is 0 Å². The number of hydrogen-bond acceptors (Lipinski definition) is 2. The van der Waals surface area contributed by atoms with E-state index in [1.807, 2.05) is 0 Å². The molecule has 1 amide bonds. The topological polar surface area (TPSA) is 38.3 Å². The molecule has 0 saturated heterocycles. The molecule has 0 spiro atoms. The van der Waals surface area contributed by atoms with Gasteiger partial charge in [-0.3, -0.25) is 4.79 Å². The monoisotopic (exact) mass is 319 g/mol. The number of carbonyl (C=O) groups excluding carboxylic acids is 1. The van der Waals surface area contributed by atoms with Gasteiger partial charge in [0.2, 0.25) is 5.91 Å². The van der Waals surface area contributed by atoms with Crippen molar-refractivity contribution in [2.75, 3.05) is 13.7 Å². The number of rotatable bonds is 7. The third kappa shape index (κ3) is 5.14. The first-order chi connectivity index (χ1) is 11.1. The number of aryl methyl sites for hydroxylation is 1. The van der Waals surface area contributed by atoms with Gasteiger partial charge in [0, 0.05) is 20.1 Å². The lowest BCUT2D eigenvalue weighted by atomic mass is 10.1. The van der Waals surface area contributed by atoms with Crippen molar-refractivity contribution in [2.45, 2.75) is 18.9 Å². The summed E-state index contributed by atoms with van der Waals surface area (Å²) in [6.45, 7) is 0.232. The van der Waals surface area contributed by atoms with Crippen LogP contribution in [0.5, 0.6) is 0 Å². The summed E-state index contributed by atoms with van der Waals surface area (Å²) in [5, 5.41) is 2.73. The SMILES string of the molecule is COC(CNC(=O)CCc1ccccc1F)c1cccc(F)c1. The van der Waals surface area contributed by atoms with E-state index in [0.29, 0.717) is 17.5 Å². The number of benzene rings is 2.